The summed E-state index contributed by atoms with van der Waals surface area (Å²) in [6, 6.07) is 2.93. The fourth-order valence-corrected chi connectivity index (χ4v) is 1.31. The Labute approximate surface area is 98.6 Å². The van der Waals surface area contributed by atoms with Gasteiger partial charge in [0.1, 0.15) is 5.82 Å². The fourth-order valence-electron chi connectivity index (χ4n) is 1.31. The van der Waals surface area contributed by atoms with Gasteiger partial charge in [-0.15, -0.1) is 10.2 Å². The van der Waals surface area contributed by atoms with Crippen LogP contribution in [0.3, 0.4) is 0 Å². The molecule has 0 saturated carbocycles. The molecule has 0 radical (unpaired) electrons. The van der Waals surface area contributed by atoms with Crippen LogP contribution in [0.15, 0.2) is 12.1 Å². The molecule has 0 bridgehead atoms. The minimum Gasteiger partial charge on any atom is -0.382 e. The Hall–Kier alpha value is -2.18. The number of rotatable bonds is 4. The highest BCUT2D eigenvalue weighted by Gasteiger charge is 2.24. The molecule has 0 spiro atoms. The average Bonchev–Trinajstić information content (AvgIpc) is 2.15. The Bertz CT molecular complexity index is 427. The molecular formula is C10H15N5O2. The Morgan fingerprint density at radius 3 is 2.47 bits per heavy atom. The number of amides is 2. The molecule has 0 aliphatic heterocycles. The zero-order valence-corrected chi connectivity index (χ0v) is 9.73. The number of hydrogen-bond acceptors (Lipinski definition) is 5. The SMILES string of the molecule is CC(C)(CC(N)=O)NC(=O)c1ccc(N)nn1. The normalized spacial score (nSPS) is 10.9. The highest BCUT2D eigenvalue weighted by molar-refractivity contribution is 5.93. The summed E-state index contributed by atoms with van der Waals surface area (Å²) in [5.41, 5.74) is 9.84. The number of aromatic nitrogens is 2. The summed E-state index contributed by atoms with van der Waals surface area (Å²) < 4.78 is 0. The average molecular weight is 237 g/mol. The van der Waals surface area contributed by atoms with E-state index in [4.69, 9.17) is 11.5 Å². The second-order valence-electron chi connectivity index (χ2n) is 4.32. The van der Waals surface area contributed by atoms with Crippen LogP contribution in [0.2, 0.25) is 0 Å². The summed E-state index contributed by atoms with van der Waals surface area (Å²) in [7, 11) is 0. The zero-order chi connectivity index (χ0) is 13.1. The van der Waals surface area contributed by atoms with E-state index in [0.29, 0.717) is 0 Å². The van der Waals surface area contributed by atoms with Crippen LogP contribution in [0.5, 0.6) is 0 Å². The first-order valence-corrected chi connectivity index (χ1v) is 5.00. The minimum atomic E-state index is -0.730. The van der Waals surface area contributed by atoms with Crippen molar-refractivity contribution >= 4 is 17.6 Å². The number of primary amides is 1. The molecule has 7 nitrogen and oxygen atoms in total. The van der Waals surface area contributed by atoms with Gasteiger partial charge in [0.05, 0.1) is 0 Å². The molecule has 92 valence electrons. The van der Waals surface area contributed by atoms with Crippen LogP contribution in [-0.4, -0.2) is 27.6 Å². The van der Waals surface area contributed by atoms with Crippen molar-refractivity contribution in [2.75, 3.05) is 5.73 Å². The fraction of sp³-hybridized carbons (Fsp3) is 0.400. The molecule has 0 aromatic carbocycles. The molecule has 0 aliphatic rings. The van der Waals surface area contributed by atoms with Crippen molar-refractivity contribution in [1.82, 2.24) is 15.5 Å². The number of anilines is 1. The summed E-state index contributed by atoms with van der Waals surface area (Å²) in [5.74, 6) is -0.680. The molecule has 17 heavy (non-hydrogen) atoms. The van der Waals surface area contributed by atoms with E-state index in [2.05, 4.69) is 15.5 Å². The lowest BCUT2D eigenvalue weighted by atomic mass is 10.00. The van der Waals surface area contributed by atoms with E-state index < -0.39 is 17.4 Å². The molecule has 1 heterocycles. The van der Waals surface area contributed by atoms with E-state index in [0.717, 1.165) is 0 Å². The van der Waals surface area contributed by atoms with Crippen LogP contribution in [0.4, 0.5) is 5.82 Å². The number of nitrogens with one attached hydrogen (secondary N) is 1. The van der Waals surface area contributed by atoms with Crippen molar-refractivity contribution in [3.63, 3.8) is 0 Å². The molecule has 0 fully saturated rings. The lowest BCUT2D eigenvalue weighted by Crippen LogP contribution is -2.46. The first-order valence-electron chi connectivity index (χ1n) is 5.00. The third-order valence-corrected chi connectivity index (χ3v) is 1.99. The smallest absolute Gasteiger partial charge is 0.272 e. The highest BCUT2D eigenvalue weighted by Crippen LogP contribution is 2.09. The molecule has 7 heteroatoms. The van der Waals surface area contributed by atoms with Gasteiger partial charge in [-0.05, 0) is 26.0 Å². The maximum absolute atomic E-state index is 11.7. The van der Waals surface area contributed by atoms with E-state index in [-0.39, 0.29) is 17.9 Å². The van der Waals surface area contributed by atoms with E-state index in [9.17, 15) is 9.59 Å². The van der Waals surface area contributed by atoms with E-state index >= 15 is 0 Å². The van der Waals surface area contributed by atoms with Crippen molar-refractivity contribution in [1.29, 1.82) is 0 Å². The molecule has 0 saturated heterocycles. The number of carbonyl (C=O) groups is 2. The van der Waals surface area contributed by atoms with Crippen LogP contribution in [0, 0.1) is 0 Å². The Kier molecular flexibility index (Phi) is 3.62. The van der Waals surface area contributed by atoms with Crippen LogP contribution in [0.1, 0.15) is 30.8 Å². The number of nitrogen functional groups attached to an aromatic ring is 1. The predicted octanol–water partition coefficient (Wildman–Crippen LogP) is -0.557. The van der Waals surface area contributed by atoms with Crippen LogP contribution in [0.25, 0.3) is 0 Å². The topological polar surface area (TPSA) is 124 Å². The Morgan fingerprint density at radius 2 is 2.00 bits per heavy atom. The highest BCUT2D eigenvalue weighted by atomic mass is 16.2. The lowest BCUT2D eigenvalue weighted by molar-refractivity contribution is -0.119. The lowest BCUT2D eigenvalue weighted by Gasteiger charge is -2.24. The maximum Gasteiger partial charge on any atom is 0.272 e. The zero-order valence-electron chi connectivity index (χ0n) is 9.73. The van der Waals surface area contributed by atoms with Crippen LogP contribution >= 0.6 is 0 Å². The van der Waals surface area contributed by atoms with Crippen molar-refractivity contribution in [2.24, 2.45) is 5.73 Å². The molecular weight excluding hydrogens is 222 g/mol. The molecule has 1 aromatic heterocycles. The van der Waals surface area contributed by atoms with Gasteiger partial charge in [-0.2, -0.15) is 0 Å². The monoisotopic (exact) mass is 237 g/mol. The molecule has 0 aliphatic carbocycles. The Balaban J connectivity index is 2.72. The van der Waals surface area contributed by atoms with Gasteiger partial charge < -0.3 is 16.8 Å². The second kappa shape index (κ2) is 4.77. The third-order valence-electron chi connectivity index (χ3n) is 1.99. The molecule has 5 N–H and O–H groups in total. The predicted molar refractivity (Wildman–Crippen MR) is 61.8 cm³/mol. The van der Waals surface area contributed by atoms with Crippen molar-refractivity contribution in [3.05, 3.63) is 17.8 Å². The Morgan fingerprint density at radius 1 is 1.35 bits per heavy atom. The summed E-state index contributed by atoms with van der Waals surface area (Å²) >= 11 is 0. The molecule has 2 amide bonds. The minimum absolute atomic E-state index is 0.0428. The van der Waals surface area contributed by atoms with E-state index in [1.165, 1.54) is 12.1 Å². The number of hydrogen-bond donors (Lipinski definition) is 3. The van der Waals surface area contributed by atoms with E-state index in [1.807, 2.05) is 0 Å². The summed E-state index contributed by atoms with van der Waals surface area (Å²) in [6.07, 6.45) is 0.0428. The second-order valence-corrected chi connectivity index (χ2v) is 4.32. The summed E-state index contributed by atoms with van der Waals surface area (Å²) in [4.78, 5) is 22.6. The van der Waals surface area contributed by atoms with Gasteiger partial charge >= 0.3 is 0 Å². The maximum atomic E-state index is 11.7. The van der Waals surface area contributed by atoms with Gasteiger partial charge in [-0.3, -0.25) is 9.59 Å². The quantitative estimate of drug-likeness (QED) is 0.647. The first kappa shape index (κ1) is 12.9. The van der Waals surface area contributed by atoms with Crippen molar-refractivity contribution in [2.45, 2.75) is 25.8 Å². The van der Waals surface area contributed by atoms with Gasteiger partial charge in [0.2, 0.25) is 5.91 Å². The van der Waals surface area contributed by atoms with Gasteiger partial charge in [0.25, 0.3) is 5.91 Å². The van der Waals surface area contributed by atoms with Gasteiger partial charge in [0, 0.05) is 12.0 Å². The van der Waals surface area contributed by atoms with Gasteiger partial charge in [-0.1, -0.05) is 0 Å². The third kappa shape index (κ3) is 4.06. The summed E-state index contributed by atoms with van der Waals surface area (Å²) in [6.45, 7) is 3.39. The summed E-state index contributed by atoms with van der Waals surface area (Å²) in [5, 5.41) is 9.85. The molecule has 1 rings (SSSR count). The number of nitrogens with two attached hydrogens (primary N) is 2. The van der Waals surface area contributed by atoms with Crippen LogP contribution < -0.4 is 16.8 Å². The molecule has 1 aromatic rings. The van der Waals surface area contributed by atoms with Gasteiger partial charge in [-0.25, -0.2) is 0 Å². The number of nitrogens with zero attached hydrogens (tertiary/aromatic N) is 2. The molecule has 0 unspecified atom stereocenters. The molecule has 0 atom stereocenters. The van der Waals surface area contributed by atoms with Gasteiger partial charge in [0.15, 0.2) is 5.69 Å². The van der Waals surface area contributed by atoms with Crippen LogP contribution in [-0.2, 0) is 4.79 Å². The first-order chi connectivity index (χ1) is 7.80. The van der Waals surface area contributed by atoms with Crippen molar-refractivity contribution < 1.29 is 9.59 Å². The van der Waals surface area contributed by atoms with E-state index in [1.54, 1.807) is 13.8 Å². The standard InChI is InChI=1S/C10H15N5O2/c1-10(2,5-8(12)16)13-9(17)6-3-4-7(11)15-14-6/h3-4H,5H2,1-2H3,(H2,11,15)(H2,12,16)(H,13,17). The largest absolute Gasteiger partial charge is 0.382 e. The number of carbonyl (C=O) groups excluding carboxylic acids is 2. The van der Waals surface area contributed by atoms with Crippen molar-refractivity contribution in [3.8, 4) is 0 Å².